The summed E-state index contributed by atoms with van der Waals surface area (Å²) in [5.41, 5.74) is 50.1. The number of hydrogen-bond donors (Lipinski definition) is 7. The Bertz CT molecular complexity index is 5720. The second-order valence-electron chi connectivity index (χ2n) is 33.9. The lowest BCUT2D eigenvalue weighted by Crippen LogP contribution is -2.45. The molecule has 12 heterocycles. The number of aromatic nitrogens is 12. The van der Waals surface area contributed by atoms with Crippen molar-refractivity contribution in [2.75, 3.05) is 207 Å². The fourth-order valence-electron chi connectivity index (χ4n) is 15.9. The largest absolute Gasteiger partial charge is 0.493 e. The van der Waals surface area contributed by atoms with Crippen LogP contribution in [0.1, 0.15) is 156 Å². The highest BCUT2D eigenvalue weighted by Crippen LogP contribution is 2.48. The number of thiazole rings is 4. The SMILES string of the molecule is CCCc1sc(-c2ccc(OC)c(OCCN3CCC3)c2)nc1[C@H](C)Sc1nc(C)cc(N)n1.CCc1sc(-c2ccc(OC)c(OCCN3CCCCC3)c2)nc1[C@H](C)Sc1nc(N)cc(N)n1.CCc1sc(-c2ccc(OC)c(OCCN3CCN(C)CC3)c2)nc1[C@H](C)Sc1nc(N)cc(N)n1.CCc1sc(-c2ccc(OC)c(OCCN3CCOCC3)c2)nc1[C@H](C)Sc1nc(N)cc(N)n1. The summed E-state index contributed by atoms with van der Waals surface area (Å²) in [6.45, 7) is 37.5. The van der Waals surface area contributed by atoms with Gasteiger partial charge in [-0.3, -0.25) is 19.6 Å². The molecule has 0 saturated carbocycles. The van der Waals surface area contributed by atoms with Crippen LogP contribution in [0.3, 0.4) is 0 Å². The topological polar surface area (TPSA) is 436 Å². The minimum Gasteiger partial charge on any atom is -0.493 e. The van der Waals surface area contributed by atoms with Gasteiger partial charge < -0.3 is 87.7 Å². The first-order chi connectivity index (χ1) is 67.7. The summed E-state index contributed by atoms with van der Waals surface area (Å²) in [4.78, 5) is 71.9. The number of likely N-dealkylation sites (N-methyl/N-ethyl adjacent to an activating group) is 1. The molecule has 4 aromatic carbocycles. The number of nitrogen functional groups attached to an aromatic ring is 7. The number of likely N-dealkylation sites (tertiary alicyclic amines) is 2. The van der Waals surface area contributed by atoms with Crippen LogP contribution in [-0.2, 0) is 30.4 Å². The molecule has 752 valence electrons. The van der Waals surface area contributed by atoms with Crippen molar-refractivity contribution in [1.29, 1.82) is 0 Å². The molecule has 4 aliphatic rings. The van der Waals surface area contributed by atoms with Gasteiger partial charge in [0.05, 0.1) is 85.4 Å². The number of ether oxygens (including phenoxy) is 9. The zero-order valence-corrected chi connectivity index (χ0v) is 89.2. The molecule has 4 aliphatic heterocycles. The Labute approximate surface area is 855 Å². The van der Waals surface area contributed by atoms with E-state index in [4.69, 9.17) is 103 Å². The number of piperazine rings is 1. The van der Waals surface area contributed by atoms with Crippen molar-refractivity contribution in [1.82, 2.24) is 84.3 Å². The summed E-state index contributed by atoms with van der Waals surface area (Å²) in [7, 11) is 8.84. The quantitative estimate of drug-likeness (QED) is 0.0138. The lowest BCUT2D eigenvalue weighted by molar-refractivity contribution is 0.0321. The second kappa shape index (κ2) is 53.3. The molecule has 0 unspecified atom stereocenters. The Hall–Kier alpha value is -10.1. The zero-order valence-electron chi connectivity index (χ0n) is 82.6. The molecule has 140 heavy (non-hydrogen) atoms. The summed E-state index contributed by atoms with van der Waals surface area (Å²) in [5.74, 6) is 8.59. The van der Waals surface area contributed by atoms with Crippen molar-refractivity contribution in [2.24, 2.45) is 0 Å². The fraction of sp³-hybridized carbons (Fsp3) is 0.475. The molecule has 0 radical (unpaired) electrons. The number of piperidine rings is 1. The third kappa shape index (κ3) is 30.7. The minimum atomic E-state index is 0.0404. The molecule has 0 bridgehead atoms. The monoisotopic (exact) mass is 2060 g/mol. The van der Waals surface area contributed by atoms with Crippen molar-refractivity contribution in [3.8, 4) is 88.3 Å². The minimum absolute atomic E-state index is 0.0404. The van der Waals surface area contributed by atoms with Crippen LogP contribution in [0.25, 0.3) is 42.3 Å². The van der Waals surface area contributed by atoms with Gasteiger partial charge >= 0.3 is 0 Å². The number of anilines is 7. The van der Waals surface area contributed by atoms with Gasteiger partial charge in [0.1, 0.15) is 87.2 Å². The first-order valence-electron chi connectivity index (χ1n) is 47.6. The maximum atomic E-state index is 6.18. The Kier molecular flexibility index (Phi) is 40.8. The van der Waals surface area contributed by atoms with E-state index in [9.17, 15) is 0 Å². The van der Waals surface area contributed by atoms with Gasteiger partial charge in [-0.1, -0.05) is 87.6 Å². The van der Waals surface area contributed by atoms with Gasteiger partial charge in [-0.15, -0.1) is 45.3 Å². The molecule has 8 aromatic heterocycles. The lowest BCUT2D eigenvalue weighted by atomic mass is 10.1. The number of aryl methyl sites for hydroxylation is 5. The number of benzene rings is 4. The fourth-order valence-corrected chi connectivity index (χ4v) is 24.5. The van der Waals surface area contributed by atoms with E-state index in [1.807, 2.05) is 67.6 Å². The molecule has 4 atom stereocenters. The van der Waals surface area contributed by atoms with Gasteiger partial charge in [0.25, 0.3) is 0 Å². The Morgan fingerprint density at radius 3 is 0.893 bits per heavy atom. The molecule has 4 fully saturated rings. The van der Waals surface area contributed by atoms with E-state index >= 15 is 0 Å². The molecular weight excluding hydrogens is 1930 g/mol. The maximum absolute atomic E-state index is 6.18. The van der Waals surface area contributed by atoms with Gasteiger partial charge in [-0.2, -0.15) is 0 Å². The molecule has 16 rings (SSSR count). The molecule has 33 nitrogen and oxygen atoms in total. The summed E-state index contributed by atoms with van der Waals surface area (Å²) in [6.07, 6.45) is 9.90. The lowest BCUT2D eigenvalue weighted by Gasteiger charge is -2.32. The van der Waals surface area contributed by atoms with Crippen LogP contribution in [0.15, 0.2) is 118 Å². The smallest absolute Gasteiger partial charge is 0.192 e. The van der Waals surface area contributed by atoms with Crippen LogP contribution >= 0.6 is 92.4 Å². The zero-order chi connectivity index (χ0) is 99.3. The highest BCUT2D eigenvalue weighted by molar-refractivity contribution is 8.00. The third-order valence-electron chi connectivity index (χ3n) is 23.5. The van der Waals surface area contributed by atoms with Crippen molar-refractivity contribution in [3.05, 3.63) is 145 Å². The van der Waals surface area contributed by atoms with Crippen molar-refractivity contribution in [2.45, 2.75) is 162 Å². The number of thioether (sulfide) groups is 4. The van der Waals surface area contributed by atoms with E-state index in [0.717, 1.165) is 235 Å². The molecule has 0 spiro atoms. The molecule has 41 heteroatoms. The predicted molar refractivity (Wildman–Crippen MR) is 574 cm³/mol. The summed E-state index contributed by atoms with van der Waals surface area (Å²) < 4.78 is 52.2. The number of methoxy groups -OCH3 is 4. The van der Waals surface area contributed by atoms with Gasteiger partial charge in [-0.25, -0.2) is 59.8 Å². The molecular formula is C99H134N24O9S8. The van der Waals surface area contributed by atoms with E-state index in [1.165, 1.54) is 93.6 Å². The Balaban J connectivity index is 0.000000157. The van der Waals surface area contributed by atoms with E-state index in [-0.39, 0.29) is 21.0 Å². The van der Waals surface area contributed by atoms with Crippen LogP contribution in [0.2, 0.25) is 0 Å². The molecule has 12 aromatic rings. The normalized spacial score (nSPS) is 15.2. The Morgan fingerprint density at radius 1 is 0.329 bits per heavy atom. The molecule has 0 amide bonds. The van der Waals surface area contributed by atoms with Crippen molar-refractivity contribution in [3.63, 3.8) is 0 Å². The maximum Gasteiger partial charge on any atom is 0.192 e. The van der Waals surface area contributed by atoms with E-state index in [2.05, 4.69) is 139 Å². The number of rotatable bonds is 41. The molecule has 0 aliphatic carbocycles. The second-order valence-corrected chi connectivity index (χ2v) is 43.5. The highest BCUT2D eigenvalue weighted by atomic mass is 32.2. The van der Waals surface area contributed by atoms with Crippen LogP contribution in [0.4, 0.5) is 40.7 Å². The van der Waals surface area contributed by atoms with Crippen molar-refractivity contribution < 1.29 is 42.6 Å². The average molecular weight is 2060 g/mol. The van der Waals surface area contributed by atoms with Gasteiger partial charge in [-0.05, 0) is 186 Å². The van der Waals surface area contributed by atoms with Crippen molar-refractivity contribution >= 4 is 133 Å². The van der Waals surface area contributed by atoms with Crippen LogP contribution in [-0.4, -0.2) is 251 Å². The molecule has 4 saturated heterocycles. The van der Waals surface area contributed by atoms with Gasteiger partial charge in [0.2, 0.25) is 0 Å². The predicted octanol–water partition coefficient (Wildman–Crippen LogP) is 18.2. The summed E-state index contributed by atoms with van der Waals surface area (Å²) in [5, 5.41) is 6.43. The van der Waals surface area contributed by atoms with Crippen LogP contribution in [0, 0.1) is 6.92 Å². The number of nitrogens with two attached hydrogens (primary N) is 7. The number of morpholine rings is 1. The first kappa shape index (κ1) is 107. The third-order valence-corrected chi connectivity index (χ3v) is 32.4. The average Bonchev–Trinajstić information content (AvgIpc) is 1.67. The van der Waals surface area contributed by atoms with Crippen LogP contribution in [0.5, 0.6) is 46.0 Å². The first-order valence-corrected chi connectivity index (χ1v) is 54.4. The summed E-state index contributed by atoms with van der Waals surface area (Å²) in [6, 6.07) is 30.6. The standard InChI is InChI=1S/C25H35N7O2S2.C25H34N6O2S2.C25H33N5O2S2.C24H32N6O3S2/c1-5-20-23(16(2)35-25-28-21(26)15-22(27)29-25)30-24(36-20)17-6-7-18(33-4)19(14-17)34-13-12-32-10-8-31(3)9-11-32;1-4-20-23(16(2)34-25-28-21(26)15-22(27)29-25)30-24(35-20)17-8-9-18(32-3)19(14-17)33-13-12-31-10-6-5-7-11-31;1-5-7-21-23(17(3)33-25-27-16(2)14-22(26)28-25)29-24(34-21)18-8-9-19(31-4)20(15-18)32-13-12-30-10-6-11-30;1-4-19-22(15(2)34-24-27-20(25)14-21(26)28-24)29-23(35-19)16-5-6-17(31-3)18(13-16)33-12-9-30-7-10-32-11-8-30/h6-7,14-16H,5,8-13H2,1-4H3,(H4,26,27,28,29);8-9,14-16H,4-7,10-13H2,1-3H3,(H4,26,27,28,29);8-9,14-15,17H,5-7,10-13H2,1-4H3,(H2,26,27,28);5-6,13-15H,4,7-12H2,1-3H3,(H4,25,26,27,28)/t2*16-;17-;15-/m0000/s1. The summed E-state index contributed by atoms with van der Waals surface area (Å²) >= 11 is 13.0. The number of hydrogen-bond acceptors (Lipinski definition) is 41. The Morgan fingerprint density at radius 2 is 0.607 bits per heavy atom. The van der Waals surface area contributed by atoms with E-state index in [0.29, 0.717) is 93.5 Å². The number of nitrogens with zero attached hydrogens (tertiary/aromatic N) is 17. The van der Waals surface area contributed by atoms with Gasteiger partial charge in [0.15, 0.2) is 66.6 Å². The van der Waals surface area contributed by atoms with E-state index < -0.39 is 0 Å². The molecule has 14 N–H and O–H groups in total. The highest BCUT2D eigenvalue weighted by Gasteiger charge is 2.29. The van der Waals surface area contributed by atoms with Gasteiger partial charge in [0, 0.05) is 137 Å². The van der Waals surface area contributed by atoms with Crippen LogP contribution < -0.4 is 78.0 Å². The van der Waals surface area contributed by atoms with E-state index in [1.54, 1.807) is 110 Å².